The predicted molar refractivity (Wildman–Crippen MR) is 69.1 cm³/mol. The molecule has 0 fully saturated rings. The lowest BCUT2D eigenvalue weighted by atomic mass is 10.1. The quantitative estimate of drug-likeness (QED) is 0.852. The molecule has 0 amide bonds. The number of hydrogen-bond donors (Lipinski definition) is 2. The van der Waals surface area contributed by atoms with Gasteiger partial charge in [-0.3, -0.25) is 0 Å². The van der Waals surface area contributed by atoms with Gasteiger partial charge in [0.25, 0.3) is 0 Å². The molecule has 0 heterocycles. The predicted octanol–water partition coefficient (Wildman–Crippen LogP) is 1.40. The molecule has 1 unspecified atom stereocenters. The summed E-state index contributed by atoms with van der Waals surface area (Å²) in [5, 5.41) is 0. The Morgan fingerprint density at radius 1 is 1.39 bits per heavy atom. The molecule has 0 aliphatic carbocycles. The molecule has 1 aromatic rings. The maximum Gasteiger partial charge on any atom is 0.243 e. The molecule has 6 heteroatoms. The second-order valence-electron chi connectivity index (χ2n) is 4.69. The SMILES string of the molecule is Cc1ccc(F)c(S(=O)(=O)NCC(N)C(C)C)c1. The molecule has 0 bridgehead atoms. The van der Waals surface area contributed by atoms with Crippen molar-refractivity contribution in [3.05, 3.63) is 29.6 Å². The molecule has 3 N–H and O–H groups in total. The van der Waals surface area contributed by atoms with Crippen LogP contribution in [0.4, 0.5) is 4.39 Å². The van der Waals surface area contributed by atoms with Gasteiger partial charge in [-0.25, -0.2) is 17.5 Å². The first-order valence-corrected chi connectivity index (χ1v) is 7.23. The Bertz CT molecular complexity index is 515. The fraction of sp³-hybridized carbons (Fsp3) is 0.500. The highest BCUT2D eigenvalue weighted by molar-refractivity contribution is 7.89. The third-order valence-electron chi connectivity index (χ3n) is 2.74. The van der Waals surface area contributed by atoms with Crippen molar-refractivity contribution >= 4 is 10.0 Å². The Kier molecular flexibility index (Phi) is 4.84. The van der Waals surface area contributed by atoms with Crippen LogP contribution in [0.5, 0.6) is 0 Å². The zero-order valence-electron chi connectivity index (χ0n) is 10.8. The van der Waals surface area contributed by atoms with E-state index >= 15 is 0 Å². The van der Waals surface area contributed by atoms with E-state index in [4.69, 9.17) is 5.73 Å². The van der Waals surface area contributed by atoms with E-state index in [0.29, 0.717) is 5.56 Å². The number of hydrogen-bond acceptors (Lipinski definition) is 3. The van der Waals surface area contributed by atoms with Gasteiger partial charge in [-0.2, -0.15) is 0 Å². The molecule has 1 aromatic carbocycles. The van der Waals surface area contributed by atoms with Gasteiger partial charge in [0.05, 0.1) is 0 Å². The fourth-order valence-electron chi connectivity index (χ4n) is 1.34. The average molecular weight is 274 g/mol. The summed E-state index contributed by atoms with van der Waals surface area (Å²) >= 11 is 0. The maximum atomic E-state index is 13.5. The van der Waals surface area contributed by atoms with Crippen LogP contribution >= 0.6 is 0 Å². The van der Waals surface area contributed by atoms with Crippen LogP contribution in [0.2, 0.25) is 0 Å². The summed E-state index contributed by atoms with van der Waals surface area (Å²) in [6.07, 6.45) is 0. The second kappa shape index (κ2) is 5.77. The van der Waals surface area contributed by atoms with Gasteiger partial charge in [0.2, 0.25) is 10.0 Å². The number of rotatable bonds is 5. The van der Waals surface area contributed by atoms with Gasteiger partial charge >= 0.3 is 0 Å². The van der Waals surface area contributed by atoms with Crippen molar-refractivity contribution in [1.29, 1.82) is 0 Å². The number of nitrogens with one attached hydrogen (secondary N) is 1. The van der Waals surface area contributed by atoms with Gasteiger partial charge in [0.15, 0.2) is 0 Å². The van der Waals surface area contributed by atoms with Crippen molar-refractivity contribution in [2.45, 2.75) is 31.7 Å². The zero-order chi connectivity index (χ0) is 13.9. The van der Waals surface area contributed by atoms with Crippen molar-refractivity contribution in [3.8, 4) is 0 Å². The molecule has 1 rings (SSSR count). The third-order valence-corrected chi connectivity index (χ3v) is 4.18. The highest BCUT2D eigenvalue weighted by Crippen LogP contribution is 2.15. The minimum absolute atomic E-state index is 0.0907. The Hall–Kier alpha value is -0.980. The van der Waals surface area contributed by atoms with Gasteiger partial charge in [-0.1, -0.05) is 19.9 Å². The number of halogens is 1. The van der Waals surface area contributed by atoms with Crippen LogP contribution in [0.25, 0.3) is 0 Å². The largest absolute Gasteiger partial charge is 0.326 e. The summed E-state index contributed by atoms with van der Waals surface area (Å²) in [5.74, 6) is -0.610. The van der Waals surface area contributed by atoms with E-state index < -0.39 is 15.8 Å². The smallest absolute Gasteiger partial charge is 0.243 e. The Labute approximate surface area is 107 Å². The first-order valence-electron chi connectivity index (χ1n) is 5.75. The van der Waals surface area contributed by atoms with E-state index in [-0.39, 0.29) is 23.4 Å². The Morgan fingerprint density at radius 3 is 2.56 bits per heavy atom. The van der Waals surface area contributed by atoms with E-state index in [0.717, 1.165) is 6.07 Å². The lowest BCUT2D eigenvalue weighted by Crippen LogP contribution is -2.40. The second-order valence-corrected chi connectivity index (χ2v) is 6.43. The molecule has 0 aliphatic heterocycles. The van der Waals surface area contributed by atoms with Crippen molar-refractivity contribution in [1.82, 2.24) is 4.72 Å². The molecule has 0 saturated heterocycles. The molecule has 0 saturated carbocycles. The maximum absolute atomic E-state index is 13.5. The minimum atomic E-state index is -3.85. The minimum Gasteiger partial charge on any atom is -0.326 e. The third kappa shape index (κ3) is 3.76. The zero-order valence-corrected chi connectivity index (χ0v) is 11.6. The summed E-state index contributed by atoms with van der Waals surface area (Å²) < 4.78 is 39.7. The Morgan fingerprint density at radius 2 is 2.00 bits per heavy atom. The van der Waals surface area contributed by atoms with Gasteiger partial charge < -0.3 is 5.73 Å². The number of benzene rings is 1. The van der Waals surface area contributed by atoms with Crippen molar-refractivity contribution < 1.29 is 12.8 Å². The van der Waals surface area contributed by atoms with E-state index in [1.54, 1.807) is 6.92 Å². The highest BCUT2D eigenvalue weighted by Gasteiger charge is 2.20. The molecule has 4 nitrogen and oxygen atoms in total. The first-order chi connectivity index (χ1) is 8.24. The van der Waals surface area contributed by atoms with Gasteiger partial charge in [-0.15, -0.1) is 0 Å². The lowest BCUT2D eigenvalue weighted by Gasteiger charge is -2.16. The number of aryl methyl sites for hydroxylation is 1. The van der Waals surface area contributed by atoms with E-state index in [1.807, 2.05) is 13.8 Å². The molecular formula is C12H19FN2O2S. The summed E-state index contributed by atoms with van der Waals surface area (Å²) in [5.41, 5.74) is 6.43. The van der Waals surface area contributed by atoms with E-state index in [1.165, 1.54) is 12.1 Å². The molecule has 18 heavy (non-hydrogen) atoms. The topological polar surface area (TPSA) is 72.2 Å². The van der Waals surface area contributed by atoms with Crippen LogP contribution < -0.4 is 10.5 Å². The number of sulfonamides is 1. The standard InChI is InChI=1S/C12H19FN2O2S/c1-8(2)11(14)7-15-18(16,17)12-6-9(3)4-5-10(12)13/h4-6,8,11,15H,7,14H2,1-3H3. The van der Waals surface area contributed by atoms with Crippen molar-refractivity contribution in [3.63, 3.8) is 0 Å². The molecule has 0 radical (unpaired) electrons. The summed E-state index contributed by atoms with van der Waals surface area (Å²) in [6.45, 7) is 5.59. The van der Waals surface area contributed by atoms with Crippen LogP contribution in [0.3, 0.4) is 0 Å². The first kappa shape index (κ1) is 15.1. The molecule has 1 atom stereocenters. The normalized spacial score (nSPS) is 13.9. The van der Waals surface area contributed by atoms with Gasteiger partial charge in [-0.05, 0) is 30.5 Å². The summed E-state index contributed by atoms with van der Waals surface area (Å²) in [6, 6.07) is 3.67. The lowest BCUT2D eigenvalue weighted by molar-refractivity contribution is 0.480. The van der Waals surface area contributed by atoms with Crippen molar-refractivity contribution in [2.75, 3.05) is 6.54 Å². The monoisotopic (exact) mass is 274 g/mol. The van der Waals surface area contributed by atoms with Crippen LogP contribution in [0.15, 0.2) is 23.1 Å². The van der Waals surface area contributed by atoms with E-state index in [9.17, 15) is 12.8 Å². The van der Waals surface area contributed by atoms with Crippen LogP contribution in [-0.4, -0.2) is 21.0 Å². The fourth-order valence-corrected chi connectivity index (χ4v) is 2.57. The van der Waals surface area contributed by atoms with Gasteiger partial charge in [0, 0.05) is 12.6 Å². The average Bonchev–Trinajstić information content (AvgIpc) is 2.29. The molecule has 0 aromatic heterocycles. The van der Waals surface area contributed by atoms with Crippen molar-refractivity contribution in [2.24, 2.45) is 11.7 Å². The molecule has 102 valence electrons. The summed E-state index contributed by atoms with van der Waals surface area (Å²) in [4.78, 5) is -0.335. The van der Waals surface area contributed by atoms with E-state index in [2.05, 4.69) is 4.72 Å². The van der Waals surface area contributed by atoms with Crippen LogP contribution in [-0.2, 0) is 10.0 Å². The highest BCUT2D eigenvalue weighted by atomic mass is 32.2. The summed E-state index contributed by atoms with van der Waals surface area (Å²) in [7, 11) is -3.85. The molecule has 0 aliphatic rings. The molecule has 0 spiro atoms. The number of nitrogens with two attached hydrogens (primary N) is 1. The van der Waals surface area contributed by atoms with Gasteiger partial charge in [0.1, 0.15) is 10.7 Å². The van der Waals surface area contributed by atoms with Crippen LogP contribution in [0, 0.1) is 18.7 Å². The Balaban J connectivity index is 2.90. The molecular weight excluding hydrogens is 255 g/mol. The van der Waals surface area contributed by atoms with Crippen LogP contribution in [0.1, 0.15) is 19.4 Å².